The summed E-state index contributed by atoms with van der Waals surface area (Å²) >= 11 is 0. The Bertz CT molecular complexity index is 1330. The second-order valence-electron chi connectivity index (χ2n) is 9.48. The summed E-state index contributed by atoms with van der Waals surface area (Å²) in [6.45, 7) is 7.92. The fraction of sp³-hybridized carbons (Fsp3) is 0.286. The highest BCUT2D eigenvalue weighted by atomic mass is 16.5. The molecule has 1 saturated heterocycles. The predicted octanol–water partition coefficient (Wildman–Crippen LogP) is 5.53. The van der Waals surface area contributed by atoms with Crippen molar-refractivity contribution >= 4 is 23.1 Å². The van der Waals surface area contributed by atoms with Gasteiger partial charge in [0.1, 0.15) is 34.8 Å². The number of aryl methyl sites for hydroxylation is 1. The van der Waals surface area contributed by atoms with E-state index in [0.29, 0.717) is 34.3 Å². The smallest absolute Gasteiger partial charge is 0.300 e. The van der Waals surface area contributed by atoms with Gasteiger partial charge in [0.2, 0.25) is 0 Å². The largest absolute Gasteiger partial charge is 0.507 e. The van der Waals surface area contributed by atoms with Crippen molar-refractivity contribution in [3.63, 3.8) is 0 Å². The summed E-state index contributed by atoms with van der Waals surface area (Å²) in [5.74, 6) is -0.0236. The highest BCUT2D eigenvalue weighted by Crippen LogP contribution is 2.44. The maximum Gasteiger partial charge on any atom is 0.300 e. The van der Waals surface area contributed by atoms with Crippen LogP contribution in [0.3, 0.4) is 0 Å². The summed E-state index contributed by atoms with van der Waals surface area (Å²) < 4.78 is 16.7. The van der Waals surface area contributed by atoms with Gasteiger partial charge < -0.3 is 19.0 Å². The topological polar surface area (TPSA) is 89.2 Å². The van der Waals surface area contributed by atoms with E-state index in [1.165, 1.54) is 19.1 Å². The summed E-state index contributed by atoms with van der Waals surface area (Å²) in [6, 6.07) is 14.8. The lowest BCUT2D eigenvalue weighted by Crippen LogP contribution is -2.29. The molecule has 2 heterocycles. The van der Waals surface area contributed by atoms with E-state index in [4.69, 9.17) is 13.9 Å². The van der Waals surface area contributed by atoms with E-state index < -0.39 is 17.7 Å². The summed E-state index contributed by atoms with van der Waals surface area (Å²) in [4.78, 5) is 28.1. The van der Waals surface area contributed by atoms with Gasteiger partial charge in [0.25, 0.3) is 11.7 Å². The molecule has 1 amide bonds. The molecule has 2 aromatic carbocycles. The molecule has 1 aromatic heterocycles. The average molecular weight is 476 g/mol. The van der Waals surface area contributed by atoms with Crippen molar-refractivity contribution in [3.8, 4) is 11.5 Å². The Hall–Kier alpha value is -4.00. The first kappa shape index (κ1) is 24.1. The van der Waals surface area contributed by atoms with Gasteiger partial charge in [0.05, 0.1) is 25.4 Å². The molecular weight excluding hydrogens is 446 g/mol. The van der Waals surface area contributed by atoms with Crippen LogP contribution in [0.5, 0.6) is 11.5 Å². The minimum Gasteiger partial charge on any atom is -0.507 e. The standard InChI is InChI=1S/C28H29NO6/c1-16-10-12-22(35-16)24-23(25(30)20-14-17(28(2,3)4)11-13-21(20)34-6)26(31)27(32)29(24)18-8-7-9-19(15-18)33-5/h7-15,24,30H,1-6H3/b25-23+. The van der Waals surface area contributed by atoms with E-state index in [-0.39, 0.29) is 16.7 Å². The molecule has 1 atom stereocenters. The van der Waals surface area contributed by atoms with Crippen LogP contribution in [0.4, 0.5) is 5.69 Å². The zero-order valence-electron chi connectivity index (χ0n) is 20.7. The third-order valence-electron chi connectivity index (χ3n) is 6.13. The predicted molar refractivity (Wildman–Crippen MR) is 133 cm³/mol. The molecule has 0 aliphatic carbocycles. The number of hydrogen-bond donors (Lipinski definition) is 1. The number of nitrogens with zero attached hydrogens (tertiary/aromatic N) is 1. The molecule has 182 valence electrons. The van der Waals surface area contributed by atoms with Gasteiger partial charge in [-0.25, -0.2) is 0 Å². The average Bonchev–Trinajstić information content (AvgIpc) is 3.38. The molecule has 7 nitrogen and oxygen atoms in total. The number of benzene rings is 2. The summed E-state index contributed by atoms with van der Waals surface area (Å²) in [5, 5.41) is 11.5. The number of ether oxygens (including phenoxy) is 2. The van der Waals surface area contributed by atoms with Gasteiger partial charge in [-0.1, -0.05) is 32.9 Å². The fourth-order valence-corrected chi connectivity index (χ4v) is 4.23. The second kappa shape index (κ2) is 8.98. The lowest BCUT2D eigenvalue weighted by molar-refractivity contribution is -0.132. The van der Waals surface area contributed by atoms with Crippen molar-refractivity contribution < 1.29 is 28.6 Å². The Morgan fingerprint density at radius 1 is 1.00 bits per heavy atom. The highest BCUT2D eigenvalue weighted by molar-refractivity contribution is 6.51. The normalized spacial score (nSPS) is 17.7. The molecular formula is C28H29NO6. The number of aliphatic hydroxyl groups excluding tert-OH is 1. The third-order valence-corrected chi connectivity index (χ3v) is 6.13. The molecule has 0 spiro atoms. The SMILES string of the molecule is COc1cccc(N2C(=O)C(=O)/C(=C(/O)c3cc(C(C)(C)C)ccc3OC)C2c2ccc(C)o2)c1. The quantitative estimate of drug-likeness (QED) is 0.297. The van der Waals surface area contributed by atoms with Crippen molar-refractivity contribution in [2.45, 2.75) is 39.2 Å². The molecule has 1 aliphatic heterocycles. The third kappa shape index (κ3) is 4.30. The maximum atomic E-state index is 13.4. The van der Waals surface area contributed by atoms with Gasteiger partial charge in [-0.05, 0) is 54.3 Å². The Balaban J connectivity index is 1.98. The number of ketones is 1. The van der Waals surface area contributed by atoms with Crippen LogP contribution >= 0.6 is 0 Å². The monoisotopic (exact) mass is 475 g/mol. The number of amides is 1. The first-order chi connectivity index (χ1) is 16.6. The van der Waals surface area contributed by atoms with Crippen molar-refractivity contribution in [1.82, 2.24) is 0 Å². The van der Waals surface area contributed by atoms with Crippen LogP contribution in [0.1, 0.15) is 49.5 Å². The molecule has 3 aromatic rings. The van der Waals surface area contributed by atoms with E-state index in [1.54, 1.807) is 55.5 Å². The Morgan fingerprint density at radius 2 is 1.74 bits per heavy atom. The molecule has 1 fully saturated rings. The van der Waals surface area contributed by atoms with Gasteiger partial charge in [0, 0.05) is 11.8 Å². The molecule has 0 bridgehead atoms. The fourth-order valence-electron chi connectivity index (χ4n) is 4.23. The van der Waals surface area contributed by atoms with Crippen LogP contribution in [0.2, 0.25) is 0 Å². The van der Waals surface area contributed by atoms with Crippen molar-refractivity contribution in [1.29, 1.82) is 0 Å². The van der Waals surface area contributed by atoms with Crippen LogP contribution in [0, 0.1) is 6.92 Å². The van der Waals surface area contributed by atoms with Gasteiger partial charge in [-0.2, -0.15) is 0 Å². The number of furan rings is 1. The lowest BCUT2D eigenvalue weighted by atomic mass is 9.85. The summed E-state index contributed by atoms with van der Waals surface area (Å²) in [5.41, 5.74) is 1.42. The number of carbonyl (C=O) groups is 2. The highest BCUT2D eigenvalue weighted by Gasteiger charge is 2.48. The molecule has 4 rings (SSSR count). The number of hydrogen-bond acceptors (Lipinski definition) is 6. The van der Waals surface area contributed by atoms with Crippen molar-refractivity contribution in [2.24, 2.45) is 0 Å². The van der Waals surface area contributed by atoms with E-state index in [1.807, 2.05) is 26.8 Å². The van der Waals surface area contributed by atoms with Crippen molar-refractivity contribution in [2.75, 3.05) is 19.1 Å². The van der Waals surface area contributed by atoms with E-state index in [9.17, 15) is 14.7 Å². The van der Waals surface area contributed by atoms with Gasteiger partial charge in [-0.15, -0.1) is 0 Å². The minimum absolute atomic E-state index is 0.0727. The maximum absolute atomic E-state index is 13.4. The summed E-state index contributed by atoms with van der Waals surface area (Å²) in [6.07, 6.45) is 0. The van der Waals surface area contributed by atoms with Crippen LogP contribution in [0.25, 0.3) is 5.76 Å². The van der Waals surface area contributed by atoms with E-state index >= 15 is 0 Å². The number of aliphatic hydroxyl groups is 1. The first-order valence-electron chi connectivity index (χ1n) is 11.3. The Morgan fingerprint density at radius 3 is 2.34 bits per heavy atom. The molecule has 35 heavy (non-hydrogen) atoms. The van der Waals surface area contributed by atoms with E-state index in [0.717, 1.165) is 5.56 Å². The molecule has 1 unspecified atom stereocenters. The Kier molecular flexibility index (Phi) is 6.19. The number of carbonyl (C=O) groups excluding carboxylic acids is 2. The first-order valence-corrected chi connectivity index (χ1v) is 11.3. The lowest BCUT2D eigenvalue weighted by Gasteiger charge is -2.24. The summed E-state index contributed by atoms with van der Waals surface area (Å²) in [7, 11) is 3.01. The zero-order chi connectivity index (χ0) is 25.5. The molecule has 1 aliphatic rings. The van der Waals surface area contributed by atoms with E-state index in [2.05, 4.69) is 0 Å². The molecule has 1 N–H and O–H groups in total. The second-order valence-corrected chi connectivity index (χ2v) is 9.48. The number of methoxy groups -OCH3 is 2. The van der Waals surface area contributed by atoms with Crippen LogP contribution < -0.4 is 14.4 Å². The molecule has 0 saturated carbocycles. The minimum atomic E-state index is -0.973. The molecule has 7 heteroatoms. The number of rotatable bonds is 5. The van der Waals surface area contributed by atoms with Gasteiger partial charge in [-0.3, -0.25) is 14.5 Å². The van der Waals surface area contributed by atoms with Crippen molar-refractivity contribution in [3.05, 3.63) is 82.8 Å². The number of Topliss-reactive ketones (excluding diaryl/α,β-unsaturated/α-hetero) is 1. The van der Waals surface area contributed by atoms with Gasteiger partial charge in [0.15, 0.2) is 0 Å². The van der Waals surface area contributed by atoms with Crippen LogP contribution in [0.15, 0.2) is 64.6 Å². The van der Waals surface area contributed by atoms with Crippen LogP contribution in [-0.2, 0) is 15.0 Å². The zero-order valence-corrected chi connectivity index (χ0v) is 20.7. The van der Waals surface area contributed by atoms with Crippen LogP contribution in [-0.4, -0.2) is 31.0 Å². The number of anilines is 1. The molecule has 0 radical (unpaired) electrons. The Labute approximate surface area is 204 Å². The van der Waals surface area contributed by atoms with Gasteiger partial charge >= 0.3 is 0 Å².